The van der Waals surface area contributed by atoms with Gasteiger partial charge in [-0.3, -0.25) is 4.79 Å². The fraction of sp³-hybridized carbons (Fsp3) is 0.588. The van der Waals surface area contributed by atoms with E-state index in [9.17, 15) is 4.79 Å². The Bertz CT molecular complexity index is 468. The first kappa shape index (κ1) is 18.8. The van der Waals surface area contributed by atoms with Crippen LogP contribution in [0.4, 0.5) is 0 Å². The number of halogens is 1. The number of ether oxygens (including phenoxy) is 1. The highest BCUT2D eigenvalue weighted by Crippen LogP contribution is 2.25. The molecule has 124 valence electrons. The van der Waals surface area contributed by atoms with E-state index >= 15 is 0 Å². The Morgan fingerprint density at radius 3 is 2.86 bits per heavy atom. The van der Waals surface area contributed by atoms with Crippen molar-refractivity contribution in [2.24, 2.45) is 11.7 Å². The molecule has 2 unspecified atom stereocenters. The third kappa shape index (κ3) is 5.85. The number of carbonyl (C=O) groups is 1. The van der Waals surface area contributed by atoms with Gasteiger partial charge in [-0.25, -0.2) is 0 Å². The maximum absolute atomic E-state index is 12.0. The van der Waals surface area contributed by atoms with Gasteiger partial charge in [0.25, 0.3) is 0 Å². The molecule has 2 atom stereocenters. The molecule has 1 saturated carbocycles. The molecule has 2 rings (SSSR count). The fourth-order valence-corrected chi connectivity index (χ4v) is 2.97. The SMILES string of the molecule is COc1cccc(CCNC(=O)CC2CCCCC2N)c1.Cl. The maximum Gasteiger partial charge on any atom is 0.220 e. The van der Waals surface area contributed by atoms with Crippen LogP contribution >= 0.6 is 12.4 Å². The van der Waals surface area contributed by atoms with Gasteiger partial charge >= 0.3 is 0 Å². The Hall–Kier alpha value is -1.26. The zero-order valence-electron chi connectivity index (χ0n) is 13.2. The van der Waals surface area contributed by atoms with Gasteiger partial charge in [-0.1, -0.05) is 25.0 Å². The molecule has 5 heteroatoms. The Labute approximate surface area is 139 Å². The second-order valence-electron chi connectivity index (χ2n) is 5.86. The van der Waals surface area contributed by atoms with Gasteiger partial charge in [-0.05, 0) is 42.9 Å². The van der Waals surface area contributed by atoms with Gasteiger partial charge in [-0.2, -0.15) is 0 Å². The third-order valence-corrected chi connectivity index (χ3v) is 4.29. The Kier molecular flexibility index (Phi) is 8.28. The van der Waals surface area contributed by atoms with Crippen molar-refractivity contribution < 1.29 is 9.53 Å². The van der Waals surface area contributed by atoms with Crippen LogP contribution in [0.1, 0.15) is 37.7 Å². The number of hydrogen-bond donors (Lipinski definition) is 2. The number of methoxy groups -OCH3 is 1. The Balaban J connectivity index is 0.00000242. The molecule has 1 fully saturated rings. The van der Waals surface area contributed by atoms with Crippen LogP contribution in [0.3, 0.4) is 0 Å². The van der Waals surface area contributed by atoms with Crippen LogP contribution in [-0.4, -0.2) is 25.6 Å². The van der Waals surface area contributed by atoms with E-state index in [1.807, 2.05) is 24.3 Å². The zero-order valence-corrected chi connectivity index (χ0v) is 14.0. The molecule has 1 aliphatic rings. The molecule has 0 heterocycles. The van der Waals surface area contributed by atoms with Crippen LogP contribution in [0.2, 0.25) is 0 Å². The molecule has 1 aromatic rings. The summed E-state index contributed by atoms with van der Waals surface area (Å²) in [6.07, 6.45) is 5.94. The molecular formula is C17H27ClN2O2. The van der Waals surface area contributed by atoms with Crippen molar-refractivity contribution in [1.82, 2.24) is 5.32 Å². The molecule has 0 bridgehead atoms. The van der Waals surface area contributed by atoms with Crippen LogP contribution in [0.5, 0.6) is 5.75 Å². The molecule has 0 saturated heterocycles. The van der Waals surface area contributed by atoms with Crippen LogP contribution in [0.25, 0.3) is 0 Å². The molecule has 1 aliphatic carbocycles. The first-order valence-electron chi connectivity index (χ1n) is 7.84. The highest BCUT2D eigenvalue weighted by atomic mass is 35.5. The largest absolute Gasteiger partial charge is 0.497 e. The number of carbonyl (C=O) groups excluding carboxylic acids is 1. The average molecular weight is 327 g/mol. The standard InChI is InChI=1S/C17H26N2O2.ClH/c1-21-15-7-4-5-13(11-15)9-10-19-17(20)12-14-6-2-3-8-16(14)18;/h4-5,7,11,14,16H,2-3,6,8-10,12,18H2,1H3,(H,19,20);1H. The van der Waals surface area contributed by atoms with Crippen molar-refractivity contribution in [1.29, 1.82) is 0 Å². The Morgan fingerprint density at radius 2 is 2.14 bits per heavy atom. The molecule has 0 radical (unpaired) electrons. The van der Waals surface area contributed by atoms with Crippen LogP contribution in [0, 0.1) is 5.92 Å². The number of rotatable bonds is 6. The van der Waals surface area contributed by atoms with Gasteiger partial charge in [0.2, 0.25) is 5.91 Å². The highest BCUT2D eigenvalue weighted by molar-refractivity contribution is 5.85. The van der Waals surface area contributed by atoms with Crippen molar-refractivity contribution in [3.8, 4) is 5.75 Å². The molecular weight excluding hydrogens is 300 g/mol. The second kappa shape index (κ2) is 9.70. The predicted octanol–water partition coefficient (Wildman–Crippen LogP) is 2.68. The topological polar surface area (TPSA) is 64.3 Å². The second-order valence-corrected chi connectivity index (χ2v) is 5.86. The molecule has 1 amide bonds. The maximum atomic E-state index is 12.0. The molecule has 4 nitrogen and oxygen atoms in total. The number of nitrogens with two attached hydrogens (primary N) is 1. The predicted molar refractivity (Wildman–Crippen MR) is 91.5 cm³/mol. The summed E-state index contributed by atoms with van der Waals surface area (Å²) >= 11 is 0. The summed E-state index contributed by atoms with van der Waals surface area (Å²) < 4.78 is 5.19. The smallest absolute Gasteiger partial charge is 0.220 e. The van der Waals surface area contributed by atoms with Crippen molar-refractivity contribution >= 4 is 18.3 Å². The molecule has 0 aliphatic heterocycles. The van der Waals surface area contributed by atoms with Crippen LogP contribution in [0.15, 0.2) is 24.3 Å². The molecule has 3 N–H and O–H groups in total. The third-order valence-electron chi connectivity index (χ3n) is 4.29. The number of hydrogen-bond acceptors (Lipinski definition) is 3. The lowest BCUT2D eigenvalue weighted by Gasteiger charge is -2.27. The molecule has 22 heavy (non-hydrogen) atoms. The summed E-state index contributed by atoms with van der Waals surface area (Å²) in [6, 6.07) is 8.14. The first-order valence-corrected chi connectivity index (χ1v) is 7.84. The minimum atomic E-state index is 0. The minimum Gasteiger partial charge on any atom is -0.497 e. The quantitative estimate of drug-likeness (QED) is 0.844. The molecule has 0 aromatic heterocycles. The average Bonchev–Trinajstić information content (AvgIpc) is 2.50. The van der Waals surface area contributed by atoms with Gasteiger partial charge in [0.1, 0.15) is 5.75 Å². The summed E-state index contributed by atoms with van der Waals surface area (Å²) in [5.74, 6) is 1.34. The summed E-state index contributed by atoms with van der Waals surface area (Å²) in [7, 11) is 1.66. The summed E-state index contributed by atoms with van der Waals surface area (Å²) in [5.41, 5.74) is 7.26. The summed E-state index contributed by atoms with van der Waals surface area (Å²) in [6.45, 7) is 0.661. The van der Waals surface area contributed by atoms with Gasteiger partial charge in [0.05, 0.1) is 7.11 Å². The van der Waals surface area contributed by atoms with E-state index in [0.717, 1.165) is 25.0 Å². The number of amides is 1. The lowest BCUT2D eigenvalue weighted by Crippen LogP contribution is -2.37. The van der Waals surface area contributed by atoms with E-state index in [2.05, 4.69) is 5.32 Å². The zero-order chi connectivity index (χ0) is 15.1. The summed E-state index contributed by atoms with van der Waals surface area (Å²) in [4.78, 5) is 12.0. The van der Waals surface area contributed by atoms with Crippen molar-refractivity contribution in [2.75, 3.05) is 13.7 Å². The number of benzene rings is 1. The highest BCUT2D eigenvalue weighted by Gasteiger charge is 2.23. The van der Waals surface area contributed by atoms with Gasteiger partial charge in [0, 0.05) is 19.0 Å². The fourth-order valence-electron chi connectivity index (χ4n) is 2.97. The van der Waals surface area contributed by atoms with E-state index in [0.29, 0.717) is 18.9 Å². The van der Waals surface area contributed by atoms with Gasteiger partial charge in [0.15, 0.2) is 0 Å². The number of nitrogens with one attached hydrogen (secondary N) is 1. The van der Waals surface area contributed by atoms with Crippen molar-refractivity contribution in [3.63, 3.8) is 0 Å². The summed E-state index contributed by atoms with van der Waals surface area (Å²) in [5, 5.41) is 3.00. The van der Waals surface area contributed by atoms with Crippen molar-refractivity contribution in [2.45, 2.75) is 44.6 Å². The first-order chi connectivity index (χ1) is 10.2. The van der Waals surface area contributed by atoms with Crippen LogP contribution < -0.4 is 15.8 Å². The lowest BCUT2D eigenvalue weighted by atomic mass is 9.83. The molecule has 1 aromatic carbocycles. The van der Waals surface area contributed by atoms with E-state index in [1.54, 1.807) is 7.11 Å². The van der Waals surface area contributed by atoms with E-state index in [-0.39, 0.29) is 24.4 Å². The lowest BCUT2D eigenvalue weighted by molar-refractivity contribution is -0.122. The minimum absolute atomic E-state index is 0. The van der Waals surface area contributed by atoms with E-state index in [4.69, 9.17) is 10.5 Å². The van der Waals surface area contributed by atoms with Gasteiger partial charge in [-0.15, -0.1) is 12.4 Å². The van der Waals surface area contributed by atoms with Crippen molar-refractivity contribution in [3.05, 3.63) is 29.8 Å². The van der Waals surface area contributed by atoms with E-state index in [1.165, 1.54) is 18.4 Å². The van der Waals surface area contributed by atoms with Crippen LogP contribution in [-0.2, 0) is 11.2 Å². The normalized spacial score (nSPS) is 20.8. The van der Waals surface area contributed by atoms with Gasteiger partial charge < -0.3 is 15.8 Å². The monoisotopic (exact) mass is 326 g/mol. The van der Waals surface area contributed by atoms with E-state index < -0.39 is 0 Å². The molecule has 0 spiro atoms. The Morgan fingerprint density at radius 1 is 1.36 bits per heavy atom.